The largest absolute Gasteiger partial charge is 0.443 e. The monoisotopic (exact) mass is 376 g/mol. The molecule has 10 heteroatoms. The van der Waals surface area contributed by atoms with Gasteiger partial charge < -0.3 is 0 Å². The SMILES string of the molecule is O=C(c1csc(C(F)(F)F)n1)N1CCC(c2ccccc2)S1(=O)=O. The minimum absolute atomic E-state index is 0.0837. The van der Waals surface area contributed by atoms with Gasteiger partial charge in [-0.25, -0.2) is 17.7 Å². The minimum atomic E-state index is -4.67. The number of carbonyl (C=O) groups is 1. The number of nitrogens with zero attached hydrogens (tertiary/aromatic N) is 2. The molecule has 1 saturated heterocycles. The Morgan fingerprint density at radius 1 is 1.25 bits per heavy atom. The van der Waals surface area contributed by atoms with Gasteiger partial charge in [-0.2, -0.15) is 13.2 Å². The molecule has 128 valence electrons. The van der Waals surface area contributed by atoms with E-state index >= 15 is 0 Å². The lowest BCUT2D eigenvalue weighted by molar-refractivity contribution is -0.137. The zero-order chi connectivity index (χ0) is 17.5. The Labute approximate surface area is 139 Å². The minimum Gasteiger partial charge on any atom is -0.266 e. The first kappa shape index (κ1) is 16.9. The van der Waals surface area contributed by atoms with Gasteiger partial charge in [-0.15, -0.1) is 11.3 Å². The molecule has 2 aromatic rings. The van der Waals surface area contributed by atoms with E-state index in [1.54, 1.807) is 30.3 Å². The lowest BCUT2D eigenvalue weighted by Crippen LogP contribution is -2.33. The molecule has 5 nitrogen and oxygen atoms in total. The Morgan fingerprint density at radius 2 is 1.92 bits per heavy atom. The van der Waals surface area contributed by atoms with Crippen LogP contribution in [0.4, 0.5) is 13.2 Å². The number of aromatic nitrogens is 1. The number of thiazole rings is 1. The lowest BCUT2D eigenvalue weighted by atomic mass is 10.1. The van der Waals surface area contributed by atoms with Gasteiger partial charge in [0, 0.05) is 11.9 Å². The second-order valence-electron chi connectivity index (χ2n) is 5.15. The molecule has 24 heavy (non-hydrogen) atoms. The van der Waals surface area contributed by atoms with Gasteiger partial charge in [0.05, 0.1) is 0 Å². The highest BCUT2D eigenvalue weighted by Crippen LogP contribution is 2.37. The fourth-order valence-corrected chi connectivity index (χ4v) is 5.08. The van der Waals surface area contributed by atoms with E-state index < -0.39 is 38.1 Å². The summed E-state index contributed by atoms with van der Waals surface area (Å²) < 4.78 is 63.5. The Bertz CT molecular complexity index is 863. The fourth-order valence-electron chi connectivity index (χ4n) is 2.52. The maximum absolute atomic E-state index is 12.6. The molecule has 0 aliphatic carbocycles. The van der Waals surface area contributed by atoms with Crippen molar-refractivity contribution < 1.29 is 26.4 Å². The number of hydrogen-bond acceptors (Lipinski definition) is 5. The van der Waals surface area contributed by atoms with Crippen LogP contribution in [0.1, 0.15) is 32.7 Å². The van der Waals surface area contributed by atoms with Gasteiger partial charge in [0.15, 0.2) is 5.01 Å². The number of benzene rings is 1. The average Bonchev–Trinajstić information content (AvgIpc) is 3.11. The predicted molar refractivity (Wildman–Crippen MR) is 80.9 cm³/mol. The van der Waals surface area contributed by atoms with Crippen LogP contribution in [0, 0.1) is 0 Å². The van der Waals surface area contributed by atoms with E-state index in [4.69, 9.17) is 0 Å². The molecule has 1 atom stereocenters. The number of halogens is 3. The molecular weight excluding hydrogens is 365 g/mol. The third-order valence-corrected chi connectivity index (χ3v) is 6.70. The summed E-state index contributed by atoms with van der Waals surface area (Å²) >= 11 is 0.262. The quantitative estimate of drug-likeness (QED) is 0.808. The second-order valence-corrected chi connectivity index (χ2v) is 8.04. The Balaban J connectivity index is 1.88. The van der Waals surface area contributed by atoms with Gasteiger partial charge in [-0.05, 0) is 12.0 Å². The smallest absolute Gasteiger partial charge is 0.266 e. The summed E-state index contributed by atoms with van der Waals surface area (Å²) in [5, 5.41) is -1.14. The molecule has 3 rings (SSSR count). The molecule has 1 fully saturated rings. The summed E-state index contributed by atoms with van der Waals surface area (Å²) in [5.74, 6) is -1.03. The van der Waals surface area contributed by atoms with Crippen LogP contribution in [-0.2, 0) is 16.2 Å². The first-order valence-corrected chi connectivity index (χ1v) is 9.23. The van der Waals surface area contributed by atoms with Gasteiger partial charge in [0.25, 0.3) is 5.91 Å². The first-order chi connectivity index (χ1) is 11.2. The Morgan fingerprint density at radius 3 is 2.50 bits per heavy atom. The number of sulfonamides is 1. The van der Waals surface area contributed by atoms with Gasteiger partial charge in [-0.3, -0.25) is 4.79 Å². The molecule has 1 unspecified atom stereocenters. The summed E-state index contributed by atoms with van der Waals surface area (Å²) in [6, 6.07) is 8.39. The molecule has 0 N–H and O–H groups in total. The summed E-state index contributed by atoms with van der Waals surface area (Å²) in [6.07, 6.45) is -4.48. The molecule has 0 spiro atoms. The topological polar surface area (TPSA) is 67.3 Å². The molecular formula is C14H11F3N2O3S2. The van der Waals surface area contributed by atoms with Gasteiger partial charge in [0.1, 0.15) is 10.9 Å². The maximum atomic E-state index is 12.6. The summed E-state index contributed by atoms with van der Waals surface area (Å²) in [4.78, 5) is 15.5. The highest BCUT2D eigenvalue weighted by molar-refractivity contribution is 7.90. The van der Waals surface area contributed by atoms with Crippen molar-refractivity contribution >= 4 is 27.3 Å². The standard InChI is InChI=1S/C14H11F3N2O3S2/c15-14(16,17)13-18-10(8-23-13)12(20)19-7-6-11(24(19,21)22)9-4-2-1-3-5-9/h1-5,8,11H,6-7H2. The van der Waals surface area contributed by atoms with E-state index in [-0.39, 0.29) is 24.3 Å². The van der Waals surface area contributed by atoms with Crippen molar-refractivity contribution in [2.45, 2.75) is 17.8 Å². The van der Waals surface area contributed by atoms with Crippen LogP contribution >= 0.6 is 11.3 Å². The summed E-state index contributed by atoms with van der Waals surface area (Å²) in [6.45, 7) is -0.0837. The fraction of sp³-hybridized carbons (Fsp3) is 0.286. The number of alkyl halides is 3. The van der Waals surface area contributed by atoms with Crippen LogP contribution in [-0.4, -0.2) is 30.2 Å². The van der Waals surface area contributed by atoms with Crippen molar-refractivity contribution in [1.82, 2.24) is 9.29 Å². The second kappa shape index (κ2) is 5.85. The van der Waals surface area contributed by atoms with Crippen molar-refractivity contribution in [1.29, 1.82) is 0 Å². The van der Waals surface area contributed by atoms with E-state index in [1.807, 2.05) is 0 Å². The van der Waals surface area contributed by atoms with Crippen LogP contribution < -0.4 is 0 Å². The third-order valence-electron chi connectivity index (χ3n) is 3.62. The summed E-state index contributed by atoms with van der Waals surface area (Å²) in [5.41, 5.74) is 0.0340. The zero-order valence-corrected chi connectivity index (χ0v) is 13.7. The third kappa shape index (κ3) is 2.91. The Hall–Kier alpha value is -1.94. The van der Waals surface area contributed by atoms with E-state index in [0.717, 1.165) is 5.38 Å². The van der Waals surface area contributed by atoms with Crippen LogP contribution in [0.5, 0.6) is 0 Å². The normalized spacial score (nSPS) is 20.3. The van der Waals surface area contributed by atoms with Crippen molar-refractivity contribution in [3.8, 4) is 0 Å². The van der Waals surface area contributed by atoms with Crippen molar-refractivity contribution in [3.05, 3.63) is 52.0 Å². The molecule has 0 saturated carbocycles. The predicted octanol–water partition coefficient (Wildman–Crippen LogP) is 3.08. The maximum Gasteiger partial charge on any atom is 0.443 e. The van der Waals surface area contributed by atoms with Gasteiger partial charge in [0.2, 0.25) is 10.0 Å². The summed E-state index contributed by atoms with van der Waals surface area (Å²) in [7, 11) is -3.99. The number of amides is 1. The molecule has 0 bridgehead atoms. The van der Waals surface area contributed by atoms with E-state index in [0.29, 0.717) is 9.87 Å². The van der Waals surface area contributed by atoms with Crippen molar-refractivity contribution in [2.24, 2.45) is 0 Å². The molecule has 1 aromatic carbocycles. The molecule has 2 heterocycles. The van der Waals surface area contributed by atoms with Crippen LogP contribution in [0.2, 0.25) is 0 Å². The average molecular weight is 376 g/mol. The Kier molecular flexibility index (Phi) is 4.12. The van der Waals surface area contributed by atoms with E-state index in [2.05, 4.69) is 4.98 Å². The lowest BCUT2D eigenvalue weighted by Gasteiger charge is -2.16. The van der Waals surface area contributed by atoms with Crippen molar-refractivity contribution in [2.75, 3.05) is 6.54 Å². The molecule has 1 aliphatic heterocycles. The zero-order valence-electron chi connectivity index (χ0n) is 12.0. The van der Waals surface area contributed by atoms with Crippen LogP contribution in [0.25, 0.3) is 0 Å². The van der Waals surface area contributed by atoms with Gasteiger partial charge >= 0.3 is 6.18 Å². The highest BCUT2D eigenvalue weighted by Gasteiger charge is 2.44. The van der Waals surface area contributed by atoms with Crippen LogP contribution in [0.15, 0.2) is 35.7 Å². The molecule has 1 aliphatic rings. The first-order valence-electron chi connectivity index (χ1n) is 6.85. The van der Waals surface area contributed by atoms with Crippen LogP contribution in [0.3, 0.4) is 0 Å². The number of rotatable bonds is 2. The number of hydrogen-bond donors (Lipinski definition) is 0. The van der Waals surface area contributed by atoms with E-state index in [1.165, 1.54) is 0 Å². The number of carbonyl (C=O) groups excluding carboxylic acids is 1. The molecule has 1 aromatic heterocycles. The molecule has 0 radical (unpaired) electrons. The van der Waals surface area contributed by atoms with Gasteiger partial charge in [-0.1, -0.05) is 30.3 Å². The van der Waals surface area contributed by atoms with E-state index in [9.17, 15) is 26.4 Å². The van der Waals surface area contributed by atoms with Crippen molar-refractivity contribution in [3.63, 3.8) is 0 Å². The highest BCUT2D eigenvalue weighted by atomic mass is 32.2. The molecule has 1 amide bonds.